The van der Waals surface area contributed by atoms with Gasteiger partial charge in [-0.05, 0) is 29.8 Å². The Morgan fingerprint density at radius 2 is 1.29 bits per heavy atom. The molecule has 4 rings (SSSR count). The van der Waals surface area contributed by atoms with Gasteiger partial charge in [0.1, 0.15) is 11.8 Å². The summed E-state index contributed by atoms with van der Waals surface area (Å²) in [5.41, 5.74) is 1.13. The molecule has 4 amide bonds. The summed E-state index contributed by atoms with van der Waals surface area (Å²) in [5.74, 6) is -0.400. The van der Waals surface area contributed by atoms with E-state index < -0.39 is 24.1 Å². The summed E-state index contributed by atoms with van der Waals surface area (Å²) in [4.78, 5) is 40.6. The maximum Gasteiger partial charge on any atom is 0.430 e. The number of rotatable bonds is 3. The van der Waals surface area contributed by atoms with Gasteiger partial charge >= 0.3 is 12.1 Å². The molecule has 0 radical (unpaired) electrons. The van der Waals surface area contributed by atoms with Gasteiger partial charge in [0.15, 0.2) is 0 Å². The van der Waals surface area contributed by atoms with E-state index in [9.17, 15) is 14.4 Å². The van der Waals surface area contributed by atoms with Crippen LogP contribution in [0, 0.1) is 0 Å². The average molecular weight is 372 g/mol. The Hall–Kier alpha value is -3.93. The maximum atomic E-state index is 13.1. The minimum Gasteiger partial charge on any atom is -0.410 e. The van der Waals surface area contributed by atoms with Crippen molar-refractivity contribution in [3.63, 3.8) is 0 Å². The van der Waals surface area contributed by atoms with Gasteiger partial charge in [0.05, 0.1) is 0 Å². The lowest BCUT2D eigenvalue weighted by Crippen LogP contribution is -2.40. The summed E-state index contributed by atoms with van der Waals surface area (Å²) in [6.07, 6.45) is -1.03. The normalized spacial score (nSPS) is 16.4. The van der Waals surface area contributed by atoms with Gasteiger partial charge in [-0.25, -0.2) is 9.59 Å². The molecule has 1 aliphatic heterocycles. The third-order valence-corrected chi connectivity index (χ3v) is 4.39. The SMILES string of the molecule is O=C(Oc1ccccc1)N1C(=O)C(c2ccccc2)N(c2ccccc2)C1=O. The molecule has 0 N–H and O–H groups in total. The van der Waals surface area contributed by atoms with E-state index in [2.05, 4.69) is 0 Å². The zero-order valence-corrected chi connectivity index (χ0v) is 14.8. The summed E-state index contributed by atoms with van der Waals surface area (Å²) in [7, 11) is 0. The lowest BCUT2D eigenvalue weighted by molar-refractivity contribution is -0.125. The second-order valence-electron chi connectivity index (χ2n) is 6.16. The number of para-hydroxylation sites is 2. The van der Waals surface area contributed by atoms with E-state index in [1.807, 2.05) is 12.1 Å². The van der Waals surface area contributed by atoms with Crippen LogP contribution in [0.3, 0.4) is 0 Å². The number of anilines is 1. The summed E-state index contributed by atoms with van der Waals surface area (Å²) in [6.45, 7) is 0. The Labute approximate surface area is 161 Å². The molecule has 1 heterocycles. The first-order chi connectivity index (χ1) is 13.7. The fourth-order valence-corrected chi connectivity index (χ4v) is 3.12. The Bertz CT molecular complexity index is 949. The molecule has 0 bridgehead atoms. The van der Waals surface area contributed by atoms with Crippen LogP contribution in [-0.2, 0) is 4.79 Å². The van der Waals surface area contributed by atoms with E-state index >= 15 is 0 Å². The molecule has 0 aliphatic carbocycles. The fourth-order valence-electron chi connectivity index (χ4n) is 3.12. The number of carbonyl (C=O) groups excluding carboxylic acids is 3. The molecule has 28 heavy (non-hydrogen) atoms. The zero-order valence-electron chi connectivity index (χ0n) is 14.8. The van der Waals surface area contributed by atoms with Gasteiger partial charge in [0.2, 0.25) is 0 Å². The van der Waals surface area contributed by atoms with E-state index in [-0.39, 0.29) is 5.75 Å². The first kappa shape index (κ1) is 17.5. The second kappa shape index (κ2) is 7.36. The third-order valence-electron chi connectivity index (χ3n) is 4.39. The molecule has 0 aromatic heterocycles. The van der Waals surface area contributed by atoms with E-state index in [1.54, 1.807) is 78.9 Å². The Morgan fingerprint density at radius 3 is 1.89 bits per heavy atom. The monoisotopic (exact) mass is 372 g/mol. The molecule has 1 fully saturated rings. The number of hydrogen-bond donors (Lipinski definition) is 0. The van der Waals surface area contributed by atoms with E-state index in [1.165, 1.54) is 4.90 Å². The first-order valence-corrected chi connectivity index (χ1v) is 8.71. The maximum absolute atomic E-state index is 13.1. The highest BCUT2D eigenvalue weighted by atomic mass is 16.6. The van der Waals surface area contributed by atoms with Gasteiger partial charge in [0.25, 0.3) is 5.91 Å². The van der Waals surface area contributed by atoms with Crippen molar-refractivity contribution in [2.75, 3.05) is 4.90 Å². The second-order valence-corrected chi connectivity index (χ2v) is 6.16. The molecule has 1 aliphatic rings. The van der Waals surface area contributed by atoms with Crippen LogP contribution >= 0.6 is 0 Å². The summed E-state index contributed by atoms with van der Waals surface area (Å²) in [5, 5.41) is 0. The highest BCUT2D eigenvalue weighted by Gasteiger charge is 2.50. The molecule has 138 valence electrons. The smallest absolute Gasteiger partial charge is 0.410 e. The molecule has 3 aromatic carbocycles. The Morgan fingerprint density at radius 1 is 0.750 bits per heavy atom. The van der Waals surface area contributed by atoms with Crippen molar-refractivity contribution < 1.29 is 19.1 Å². The number of urea groups is 1. The minimum absolute atomic E-state index is 0.252. The number of hydrogen-bond acceptors (Lipinski definition) is 4. The molecular weight excluding hydrogens is 356 g/mol. The quantitative estimate of drug-likeness (QED) is 0.639. The molecule has 6 nitrogen and oxygen atoms in total. The summed E-state index contributed by atoms with van der Waals surface area (Å²) in [6, 6.07) is 24.3. The van der Waals surface area contributed by atoms with Crippen molar-refractivity contribution in [3.05, 3.63) is 96.6 Å². The lowest BCUT2D eigenvalue weighted by Gasteiger charge is -2.21. The van der Waals surface area contributed by atoms with Crippen LogP contribution < -0.4 is 9.64 Å². The number of benzene rings is 3. The topological polar surface area (TPSA) is 66.9 Å². The molecule has 1 saturated heterocycles. The van der Waals surface area contributed by atoms with Crippen molar-refractivity contribution >= 4 is 23.7 Å². The van der Waals surface area contributed by atoms with Gasteiger partial charge in [0, 0.05) is 5.69 Å². The van der Waals surface area contributed by atoms with Crippen molar-refractivity contribution in [1.82, 2.24) is 4.90 Å². The summed E-state index contributed by atoms with van der Waals surface area (Å²) < 4.78 is 5.23. The molecule has 3 aromatic rings. The minimum atomic E-state index is -1.03. The van der Waals surface area contributed by atoms with Crippen LogP contribution in [0.4, 0.5) is 15.3 Å². The van der Waals surface area contributed by atoms with Crippen molar-refractivity contribution in [1.29, 1.82) is 0 Å². The van der Waals surface area contributed by atoms with Gasteiger partial charge in [-0.1, -0.05) is 66.7 Å². The van der Waals surface area contributed by atoms with Gasteiger partial charge in [-0.3, -0.25) is 9.69 Å². The number of ether oxygens (including phenoxy) is 1. The number of nitrogens with zero attached hydrogens (tertiary/aromatic N) is 2. The molecular formula is C22H16N2O4. The molecule has 6 heteroatoms. The first-order valence-electron chi connectivity index (χ1n) is 8.71. The average Bonchev–Trinajstić information content (AvgIpc) is 3.00. The largest absolute Gasteiger partial charge is 0.430 e. The predicted octanol–water partition coefficient (Wildman–Crippen LogP) is 4.40. The Kier molecular flexibility index (Phi) is 4.60. The van der Waals surface area contributed by atoms with Crippen LogP contribution in [0.2, 0.25) is 0 Å². The predicted molar refractivity (Wildman–Crippen MR) is 103 cm³/mol. The van der Waals surface area contributed by atoms with Crippen LogP contribution in [0.25, 0.3) is 0 Å². The van der Waals surface area contributed by atoms with Crippen LogP contribution in [0.1, 0.15) is 11.6 Å². The summed E-state index contributed by atoms with van der Waals surface area (Å²) >= 11 is 0. The van der Waals surface area contributed by atoms with Crippen LogP contribution in [0.15, 0.2) is 91.0 Å². The third kappa shape index (κ3) is 3.12. The van der Waals surface area contributed by atoms with E-state index in [4.69, 9.17) is 4.74 Å². The molecule has 1 atom stereocenters. The van der Waals surface area contributed by atoms with E-state index in [0.29, 0.717) is 16.2 Å². The van der Waals surface area contributed by atoms with Crippen LogP contribution in [0.5, 0.6) is 5.75 Å². The highest BCUT2D eigenvalue weighted by molar-refractivity contribution is 6.22. The standard InChI is InChI=1S/C22H16N2O4/c25-20-19(16-10-4-1-5-11-16)23(17-12-6-2-7-13-17)21(26)24(20)22(27)28-18-14-8-3-9-15-18/h1-15,19H. The molecule has 0 spiro atoms. The van der Waals surface area contributed by atoms with E-state index in [0.717, 1.165) is 0 Å². The Balaban J connectivity index is 1.72. The van der Waals surface area contributed by atoms with Crippen molar-refractivity contribution in [2.45, 2.75) is 6.04 Å². The van der Waals surface area contributed by atoms with Crippen molar-refractivity contribution in [3.8, 4) is 5.75 Å². The zero-order chi connectivity index (χ0) is 19.5. The molecule has 0 saturated carbocycles. The van der Waals surface area contributed by atoms with Crippen molar-refractivity contribution in [2.24, 2.45) is 0 Å². The highest BCUT2D eigenvalue weighted by Crippen LogP contribution is 2.35. The lowest BCUT2D eigenvalue weighted by atomic mass is 10.1. The number of carbonyl (C=O) groups is 3. The van der Waals surface area contributed by atoms with Gasteiger partial charge in [-0.2, -0.15) is 4.90 Å². The number of imide groups is 3. The fraction of sp³-hybridized carbons (Fsp3) is 0.0455. The molecule has 1 unspecified atom stereocenters. The van der Waals surface area contributed by atoms with Gasteiger partial charge in [-0.15, -0.1) is 0 Å². The van der Waals surface area contributed by atoms with Crippen LogP contribution in [-0.4, -0.2) is 22.9 Å². The number of amides is 4. The van der Waals surface area contributed by atoms with Gasteiger partial charge < -0.3 is 4.74 Å².